The maximum Gasteiger partial charge on any atom is 0.324 e. The minimum atomic E-state index is -0.100. The molecular weight excluding hydrogens is 496 g/mol. The number of amides is 1. The van der Waals surface area contributed by atoms with Crippen LogP contribution in [0.25, 0.3) is 0 Å². The molecule has 0 spiro atoms. The van der Waals surface area contributed by atoms with Gasteiger partial charge in [0.15, 0.2) is 11.6 Å². The Morgan fingerprint density at radius 3 is 2.51 bits per heavy atom. The van der Waals surface area contributed by atoms with Crippen LogP contribution >= 0.6 is 0 Å². The van der Waals surface area contributed by atoms with Gasteiger partial charge in [-0.05, 0) is 43.4 Å². The van der Waals surface area contributed by atoms with E-state index >= 15 is 0 Å². The first-order valence-electron chi connectivity index (χ1n) is 14.6. The Bertz CT molecular complexity index is 1080. The summed E-state index contributed by atoms with van der Waals surface area (Å²) in [6, 6.07) is 0.562. The number of piperidine rings is 2. The summed E-state index contributed by atoms with van der Waals surface area (Å²) in [4.78, 5) is 32.4. The van der Waals surface area contributed by atoms with Gasteiger partial charge in [0.05, 0.1) is 25.0 Å². The zero-order chi connectivity index (χ0) is 27.5. The summed E-state index contributed by atoms with van der Waals surface area (Å²) in [7, 11) is 0. The Labute approximate surface area is 231 Å². The number of nitrogens with two attached hydrogens (primary N) is 1. The van der Waals surface area contributed by atoms with Crippen molar-refractivity contribution in [3.05, 3.63) is 18.2 Å². The fraction of sp³-hybridized carbons (Fsp3) is 0.750. The number of rotatable bonds is 9. The lowest BCUT2D eigenvalue weighted by atomic mass is 9.84. The third-order valence-corrected chi connectivity index (χ3v) is 8.71. The lowest BCUT2D eigenvalue weighted by Gasteiger charge is -2.36. The van der Waals surface area contributed by atoms with Crippen LogP contribution in [0.2, 0.25) is 0 Å². The SMILES string of the molecule is CC(C)c1noc(N2CCC([C@H](C)CCOc3cnc(N4C[C@H](N)[C@@H](N5C[C@H](C)CCC5=O)C4)nc3)CC2)n1. The lowest BCUT2D eigenvalue weighted by Crippen LogP contribution is -2.53. The van der Waals surface area contributed by atoms with Gasteiger partial charge in [-0.15, -0.1) is 0 Å². The molecule has 1 amide bonds. The Morgan fingerprint density at radius 1 is 1.08 bits per heavy atom. The Morgan fingerprint density at radius 2 is 1.82 bits per heavy atom. The predicted molar refractivity (Wildman–Crippen MR) is 149 cm³/mol. The van der Waals surface area contributed by atoms with E-state index in [1.807, 2.05) is 4.90 Å². The van der Waals surface area contributed by atoms with Crippen LogP contribution in [0, 0.1) is 17.8 Å². The average Bonchev–Trinajstić information content (AvgIpc) is 3.58. The molecule has 11 heteroatoms. The number of carbonyl (C=O) groups excluding carboxylic acids is 1. The second kappa shape index (κ2) is 12.1. The van der Waals surface area contributed by atoms with Crippen LogP contribution in [0.5, 0.6) is 5.75 Å². The number of aromatic nitrogens is 4. The number of anilines is 2. The average molecular weight is 541 g/mol. The van der Waals surface area contributed by atoms with Crippen LogP contribution in [0.4, 0.5) is 12.0 Å². The highest BCUT2D eigenvalue weighted by Crippen LogP contribution is 2.30. The van der Waals surface area contributed by atoms with Crippen molar-refractivity contribution in [2.45, 2.75) is 77.8 Å². The molecule has 0 aliphatic carbocycles. The van der Waals surface area contributed by atoms with Crippen LogP contribution in [0.15, 0.2) is 16.9 Å². The molecule has 0 aromatic carbocycles. The molecule has 3 aliphatic rings. The monoisotopic (exact) mass is 540 g/mol. The Kier molecular flexibility index (Phi) is 8.54. The highest BCUT2D eigenvalue weighted by Gasteiger charge is 2.39. The van der Waals surface area contributed by atoms with Gasteiger partial charge in [-0.25, -0.2) is 9.97 Å². The summed E-state index contributed by atoms with van der Waals surface area (Å²) in [5.41, 5.74) is 6.45. The number of likely N-dealkylation sites (tertiary alicyclic amines) is 1. The largest absolute Gasteiger partial charge is 0.490 e. The molecule has 2 aromatic heterocycles. The maximum atomic E-state index is 12.5. The fourth-order valence-corrected chi connectivity index (χ4v) is 6.06. The zero-order valence-electron chi connectivity index (χ0n) is 23.8. The topological polar surface area (TPSA) is 127 Å². The van der Waals surface area contributed by atoms with Crippen molar-refractivity contribution in [2.75, 3.05) is 49.1 Å². The van der Waals surface area contributed by atoms with Crippen molar-refractivity contribution < 1.29 is 14.1 Å². The first-order chi connectivity index (χ1) is 18.8. The van der Waals surface area contributed by atoms with Gasteiger partial charge in [-0.3, -0.25) is 4.79 Å². The second-order valence-electron chi connectivity index (χ2n) is 12.1. The summed E-state index contributed by atoms with van der Waals surface area (Å²) < 4.78 is 11.5. The zero-order valence-corrected chi connectivity index (χ0v) is 23.8. The molecule has 3 aliphatic heterocycles. The smallest absolute Gasteiger partial charge is 0.324 e. The van der Waals surface area contributed by atoms with E-state index in [-0.39, 0.29) is 23.9 Å². The van der Waals surface area contributed by atoms with E-state index in [1.54, 1.807) is 12.4 Å². The highest BCUT2D eigenvalue weighted by molar-refractivity contribution is 5.77. The van der Waals surface area contributed by atoms with E-state index < -0.39 is 0 Å². The summed E-state index contributed by atoms with van der Waals surface area (Å²) in [5, 5.41) is 4.10. The molecule has 11 nitrogen and oxygen atoms in total. The van der Waals surface area contributed by atoms with Crippen molar-refractivity contribution in [3.63, 3.8) is 0 Å². The van der Waals surface area contributed by atoms with E-state index in [0.29, 0.717) is 61.6 Å². The highest BCUT2D eigenvalue weighted by atomic mass is 16.5. The van der Waals surface area contributed by atoms with Crippen molar-refractivity contribution in [2.24, 2.45) is 23.5 Å². The molecule has 3 fully saturated rings. The molecule has 0 saturated carbocycles. The molecular formula is C28H44N8O3. The van der Waals surface area contributed by atoms with Crippen LogP contribution in [0.3, 0.4) is 0 Å². The number of hydrogen-bond acceptors (Lipinski definition) is 10. The Hall–Kier alpha value is -2.95. The van der Waals surface area contributed by atoms with E-state index in [2.05, 4.69) is 57.6 Å². The fourth-order valence-electron chi connectivity index (χ4n) is 6.06. The minimum absolute atomic E-state index is 0.0117. The van der Waals surface area contributed by atoms with Crippen LogP contribution < -0.4 is 20.3 Å². The summed E-state index contributed by atoms with van der Waals surface area (Å²) in [5.74, 6) is 4.30. The van der Waals surface area contributed by atoms with Gasteiger partial charge < -0.3 is 29.7 Å². The van der Waals surface area contributed by atoms with Gasteiger partial charge in [0.1, 0.15) is 0 Å². The molecule has 0 unspecified atom stereocenters. The molecule has 214 valence electrons. The van der Waals surface area contributed by atoms with Gasteiger partial charge in [-0.2, -0.15) is 4.98 Å². The summed E-state index contributed by atoms with van der Waals surface area (Å²) >= 11 is 0. The van der Waals surface area contributed by atoms with E-state index in [0.717, 1.165) is 51.1 Å². The number of ether oxygens (including phenoxy) is 1. The van der Waals surface area contributed by atoms with E-state index in [9.17, 15) is 4.79 Å². The predicted octanol–water partition coefficient (Wildman–Crippen LogP) is 3.08. The third kappa shape index (κ3) is 6.45. The molecule has 5 rings (SSSR count). The first-order valence-corrected chi connectivity index (χ1v) is 14.6. The van der Waals surface area contributed by atoms with Gasteiger partial charge in [0.25, 0.3) is 0 Å². The molecule has 5 heterocycles. The molecule has 39 heavy (non-hydrogen) atoms. The molecule has 0 bridgehead atoms. The Balaban J connectivity index is 1.05. The standard InChI is InChI=1S/C28H44N8O3/c1-18(2)26-32-28(39-33-26)34-10-7-21(8-11-34)20(4)9-12-38-22-13-30-27(31-14-22)35-16-23(29)24(17-35)36-15-19(3)5-6-25(36)37/h13-14,18-21,23-24H,5-12,15-17,29H2,1-4H3/t19-,20-,23+,24+/m1/s1. The quantitative estimate of drug-likeness (QED) is 0.507. The van der Waals surface area contributed by atoms with E-state index in [1.165, 1.54) is 0 Å². The first kappa shape index (κ1) is 27.6. The van der Waals surface area contributed by atoms with Crippen molar-refractivity contribution in [1.29, 1.82) is 0 Å². The molecule has 3 saturated heterocycles. The van der Waals surface area contributed by atoms with Gasteiger partial charge in [0.2, 0.25) is 11.9 Å². The number of hydrogen-bond donors (Lipinski definition) is 1. The molecule has 0 radical (unpaired) electrons. The third-order valence-electron chi connectivity index (χ3n) is 8.71. The van der Waals surface area contributed by atoms with Crippen molar-refractivity contribution in [3.8, 4) is 5.75 Å². The lowest BCUT2D eigenvalue weighted by molar-refractivity contribution is -0.137. The molecule has 2 N–H and O–H groups in total. The number of nitrogens with zero attached hydrogens (tertiary/aromatic N) is 7. The molecule has 2 aromatic rings. The van der Waals surface area contributed by atoms with Crippen molar-refractivity contribution >= 4 is 17.9 Å². The number of carbonyl (C=O) groups is 1. The second-order valence-corrected chi connectivity index (χ2v) is 12.1. The van der Waals surface area contributed by atoms with Crippen LogP contribution in [-0.4, -0.2) is 82.3 Å². The maximum absolute atomic E-state index is 12.5. The van der Waals surface area contributed by atoms with Gasteiger partial charge >= 0.3 is 6.01 Å². The summed E-state index contributed by atoms with van der Waals surface area (Å²) in [6.07, 6.45) is 8.27. The van der Waals surface area contributed by atoms with Gasteiger partial charge in [-0.1, -0.05) is 32.9 Å². The van der Waals surface area contributed by atoms with E-state index in [4.69, 9.17) is 15.0 Å². The normalized spacial score (nSPS) is 25.5. The van der Waals surface area contributed by atoms with Crippen LogP contribution in [-0.2, 0) is 4.79 Å². The molecule has 4 atom stereocenters. The minimum Gasteiger partial charge on any atom is -0.490 e. The summed E-state index contributed by atoms with van der Waals surface area (Å²) in [6.45, 7) is 13.3. The van der Waals surface area contributed by atoms with Crippen molar-refractivity contribution in [1.82, 2.24) is 25.0 Å². The van der Waals surface area contributed by atoms with Gasteiger partial charge in [0, 0.05) is 51.1 Å². The van der Waals surface area contributed by atoms with Crippen LogP contribution in [0.1, 0.15) is 71.5 Å².